The summed E-state index contributed by atoms with van der Waals surface area (Å²) in [5, 5.41) is 6.49. The number of aromatic nitrogens is 2. The summed E-state index contributed by atoms with van der Waals surface area (Å²) in [4.78, 5) is 8.50. The van der Waals surface area contributed by atoms with Gasteiger partial charge in [-0.25, -0.2) is 14.4 Å². The van der Waals surface area contributed by atoms with Crippen LogP contribution in [-0.4, -0.2) is 29.1 Å². The monoisotopic (exact) mass is 390 g/mol. The number of benzene rings is 1. The first-order chi connectivity index (χ1) is 11.8. The van der Waals surface area contributed by atoms with E-state index in [1.54, 1.807) is 6.92 Å². The Morgan fingerprint density at radius 3 is 2.58 bits per heavy atom. The van der Waals surface area contributed by atoms with Gasteiger partial charge in [-0.15, -0.1) is 12.4 Å². The standard InChI is InChI=1S/C17H18F4N4.ClH/c1-10-14(13-5-4-11(7-15(13)18)17(19,20)21)9-23-16(24-10)25-12-3-2-6-22-8-12;/h4-5,7,9,12,22H,2-3,6,8H2,1H3,(H,23,24,25);1H/t12-;/m0./s1. The minimum Gasteiger partial charge on any atom is -0.350 e. The van der Waals surface area contributed by atoms with E-state index >= 15 is 0 Å². The van der Waals surface area contributed by atoms with E-state index < -0.39 is 17.6 Å². The van der Waals surface area contributed by atoms with Crippen molar-refractivity contribution in [1.82, 2.24) is 15.3 Å². The number of halogens is 5. The molecular weight excluding hydrogens is 372 g/mol. The Hall–Kier alpha value is -1.93. The minimum atomic E-state index is -4.58. The van der Waals surface area contributed by atoms with Gasteiger partial charge in [-0.2, -0.15) is 13.2 Å². The van der Waals surface area contributed by atoms with Gasteiger partial charge < -0.3 is 10.6 Å². The number of aryl methyl sites for hydroxylation is 1. The summed E-state index contributed by atoms with van der Waals surface area (Å²) in [5.74, 6) is -0.513. The molecule has 0 bridgehead atoms. The fraction of sp³-hybridized carbons (Fsp3) is 0.412. The van der Waals surface area contributed by atoms with Crippen LogP contribution in [0.15, 0.2) is 24.4 Å². The first kappa shape index (κ1) is 20.4. The van der Waals surface area contributed by atoms with Crippen LogP contribution in [0.25, 0.3) is 11.1 Å². The fourth-order valence-electron chi connectivity index (χ4n) is 2.87. The van der Waals surface area contributed by atoms with Crippen molar-refractivity contribution >= 4 is 18.4 Å². The van der Waals surface area contributed by atoms with Gasteiger partial charge in [-0.3, -0.25) is 0 Å². The molecule has 1 aromatic heterocycles. The molecule has 2 N–H and O–H groups in total. The number of nitrogens with zero attached hydrogens (tertiary/aromatic N) is 2. The van der Waals surface area contributed by atoms with E-state index in [2.05, 4.69) is 20.6 Å². The van der Waals surface area contributed by atoms with Crippen molar-refractivity contribution in [3.63, 3.8) is 0 Å². The summed E-state index contributed by atoms with van der Waals surface area (Å²) in [7, 11) is 0. The Bertz CT molecular complexity index is 761. The molecule has 1 fully saturated rings. The third-order valence-electron chi connectivity index (χ3n) is 4.20. The molecule has 0 amide bonds. The zero-order valence-electron chi connectivity index (χ0n) is 14.0. The summed E-state index contributed by atoms with van der Waals surface area (Å²) in [6.45, 7) is 3.49. The van der Waals surface area contributed by atoms with Crippen LogP contribution in [0.1, 0.15) is 24.1 Å². The van der Waals surface area contributed by atoms with Crippen LogP contribution in [-0.2, 0) is 6.18 Å². The number of piperidine rings is 1. The Balaban J connectivity index is 0.00000243. The van der Waals surface area contributed by atoms with Crippen LogP contribution in [0.4, 0.5) is 23.5 Å². The van der Waals surface area contributed by atoms with Gasteiger partial charge in [0.25, 0.3) is 0 Å². The lowest BCUT2D eigenvalue weighted by atomic mass is 10.0. The summed E-state index contributed by atoms with van der Waals surface area (Å²) < 4.78 is 52.1. The summed E-state index contributed by atoms with van der Waals surface area (Å²) in [5.41, 5.74) is -0.0924. The van der Waals surface area contributed by atoms with Crippen LogP contribution in [0.5, 0.6) is 0 Å². The SMILES string of the molecule is Cc1nc(N[C@H]2CCCNC2)ncc1-c1ccc(C(F)(F)F)cc1F.Cl. The molecule has 0 saturated carbocycles. The lowest BCUT2D eigenvalue weighted by Gasteiger charge is -2.24. The van der Waals surface area contributed by atoms with Gasteiger partial charge in [-0.1, -0.05) is 6.07 Å². The Kier molecular flexibility index (Phi) is 6.41. The molecule has 4 nitrogen and oxygen atoms in total. The van der Waals surface area contributed by atoms with E-state index in [-0.39, 0.29) is 24.0 Å². The van der Waals surface area contributed by atoms with Crippen LogP contribution in [0, 0.1) is 12.7 Å². The average molecular weight is 391 g/mol. The molecule has 3 rings (SSSR count). The molecule has 1 atom stereocenters. The topological polar surface area (TPSA) is 49.8 Å². The van der Waals surface area contributed by atoms with E-state index in [9.17, 15) is 17.6 Å². The predicted octanol–water partition coefficient (Wildman–Crippen LogP) is 4.20. The summed E-state index contributed by atoms with van der Waals surface area (Å²) in [6.07, 6.45) is -1.07. The Morgan fingerprint density at radius 1 is 1.23 bits per heavy atom. The summed E-state index contributed by atoms with van der Waals surface area (Å²) in [6, 6.07) is 2.69. The number of hydrogen-bond acceptors (Lipinski definition) is 4. The Labute approximate surface area is 154 Å². The van der Waals surface area contributed by atoms with E-state index in [0.29, 0.717) is 23.3 Å². The zero-order valence-corrected chi connectivity index (χ0v) is 14.8. The second kappa shape index (κ2) is 8.18. The molecule has 1 saturated heterocycles. The van der Waals surface area contributed by atoms with Crippen molar-refractivity contribution in [2.24, 2.45) is 0 Å². The summed E-state index contributed by atoms with van der Waals surface area (Å²) >= 11 is 0. The first-order valence-corrected chi connectivity index (χ1v) is 8.02. The van der Waals surface area contributed by atoms with Crippen molar-refractivity contribution < 1.29 is 17.6 Å². The maximum absolute atomic E-state index is 14.1. The predicted molar refractivity (Wildman–Crippen MR) is 93.9 cm³/mol. The highest BCUT2D eigenvalue weighted by atomic mass is 35.5. The molecule has 0 aliphatic carbocycles. The smallest absolute Gasteiger partial charge is 0.350 e. The fourth-order valence-corrected chi connectivity index (χ4v) is 2.87. The molecule has 0 radical (unpaired) electrons. The largest absolute Gasteiger partial charge is 0.416 e. The quantitative estimate of drug-likeness (QED) is 0.771. The van der Waals surface area contributed by atoms with Gasteiger partial charge in [0.1, 0.15) is 5.82 Å². The average Bonchev–Trinajstić information content (AvgIpc) is 2.56. The van der Waals surface area contributed by atoms with Crippen molar-refractivity contribution in [2.45, 2.75) is 32.0 Å². The van der Waals surface area contributed by atoms with Gasteiger partial charge in [-0.05, 0) is 38.4 Å². The first-order valence-electron chi connectivity index (χ1n) is 8.02. The lowest BCUT2D eigenvalue weighted by Crippen LogP contribution is -2.38. The van der Waals surface area contributed by atoms with Crippen molar-refractivity contribution in [3.05, 3.63) is 41.5 Å². The second-order valence-corrected chi connectivity index (χ2v) is 6.07. The van der Waals surface area contributed by atoms with E-state index in [1.165, 1.54) is 6.20 Å². The molecule has 1 aliphatic heterocycles. The van der Waals surface area contributed by atoms with Crippen LogP contribution in [0.3, 0.4) is 0 Å². The van der Waals surface area contributed by atoms with Gasteiger partial charge >= 0.3 is 6.18 Å². The molecule has 1 aliphatic rings. The van der Waals surface area contributed by atoms with Crippen LogP contribution < -0.4 is 10.6 Å². The normalized spacial score (nSPS) is 17.5. The van der Waals surface area contributed by atoms with E-state index in [0.717, 1.165) is 38.1 Å². The van der Waals surface area contributed by atoms with Crippen molar-refractivity contribution in [3.8, 4) is 11.1 Å². The number of alkyl halides is 3. The molecule has 1 aromatic carbocycles. The zero-order chi connectivity index (χ0) is 18.0. The lowest BCUT2D eigenvalue weighted by molar-refractivity contribution is -0.137. The maximum atomic E-state index is 14.1. The minimum absolute atomic E-state index is 0. The third kappa shape index (κ3) is 4.62. The molecular formula is C17H19ClF4N4. The van der Waals surface area contributed by atoms with E-state index in [4.69, 9.17) is 0 Å². The van der Waals surface area contributed by atoms with Gasteiger partial charge in [0.2, 0.25) is 5.95 Å². The molecule has 9 heteroatoms. The second-order valence-electron chi connectivity index (χ2n) is 6.07. The van der Waals surface area contributed by atoms with Gasteiger partial charge in [0.05, 0.1) is 11.3 Å². The maximum Gasteiger partial charge on any atom is 0.416 e. The highest BCUT2D eigenvalue weighted by Gasteiger charge is 2.31. The molecule has 2 heterocycles. The van der Waals surface area contributed by atoms with Crippen molar-refractivity contribution in [1.29, 1.82) is 0 Å². The van der Waals surface area contributed by atoms with E-state index in [1.807, 2.05) is 0 Å². The van der Waals surface area contributed by atoms with Crippen LogP contribution >= 0.6 is 12.4 Å². The highest BCUT2D eigenvalue weighted by Crippen LogP contribution is 2.33. The molecule has 2 aromatic rings. The number of rotatable bonds is 3. The molecule has 0 unspecified atom stereocenters. The van der Waals surface area contributed by atoms with Crippen LogP contribution in [0.2, 0.25) is 0 Å². The Morgan fingerprint density at radius 2 is 2.00 bits per heavy atom. The number of nitrogens with one attached hydrogen (secondary N) is 2. The molecule has 142 valence electrons. The number of anilines is 1. The number of hydrogen-bond donors (Lipinski definition) is 2. The molecule has 0 spiro atoms. The van der Waals surface area contributed by atoms with Gasteiger partial charge in [0, 0.05) is 29.9 Å². The third-order valence-corrected chi connectivity index (χ3v) is 4.20. The van der Waals surface area contributed by atoms with Crippen molar-refractivity contribution in [2.75, 3.05) is 18.4 Å². The highest BCUT2D eigenvalue weighted by molar-refractivity contribution is 5.85. The van der Waals surface area contributed by atoms with Gasteiger partial charge in [0.15, 0.2) is 0 Å². The molecule has 26 heavy (non-hydrogen) atoms.